The molecule has 2 aromatic carbocycles. The Bertz CT molecular complexity index is 624. The fourth-order valence-electron chi connectivity index (χ4n) is 1.81. The molecule has 0 bridgehead atoms. The molecule has 0 fully saturated rings. The van der Waals surface area contributed by atoms with Crippen molar-refractivity contribution in [2.75, 3.05) is 13.2 Å². The smallest absolute Gasteiger partial charge is 0.257 e. The minimum Gasteiger partial charge on any atom is -0.484 e. The third-order valence-corrected chi connectivity index (χ3v) is 3.54. The van der Waals surface area contributed by atoms with Crippen LogP contribution in [0.4, 0.5) is 0 Å². The number of hydrogen-bond acceptors (Lipinski definition) is 2. The minimum absolute atomic E-state index is 0.0860. The largest absolute Gasteiger partial charge is 0.484 e. The van der Waals surface area contributed by atoms with Crippen molar-refractivity contribution in [1.82, 2.24) is 5.32 Å². The van der Waals surface area contributed by atoms with Crippen LogP contribution in [0.25, 0.3) is 0 Å². The first-order valence-corrected chi connectivity index (χ1v) is 7.76. The molecule has 0 aliphatic carbocycles. The summed E-state index contributed by atoms with van der Waals surface area (Å²) >= 11 is 17.5. The highest BCUT2D eigenvalue weighted by atomic mass is 35.5. The summed E-state index contributed by atoms with van der Waals surface area (Å²) in [4.78, 5) is 11.7. The number of carbonyl (C=O) groups is 1. The first kappa shape index (κ1) is 16.9. The van der Waals surface area contributed by atoms with Crippen LogP contribution in [0.15, 0.2) is 42.5 Å². The van der Waals surface area contributed by atoms with Gasteiger partial charge in [0.15, 0.2) is 6.61 Å². The number of halogens is 3. The SMILES string of the molecule is O=C(COc1cc(Cl)cc(Cl)c1)NCCc1ccc(Cl)cc1. The normalized spacial score (nSPS) is 10.3. The van der Waals surface area contributed by atoms with Crippen molar-refractivity contribution in [2.24, 2.45) is 0 Å². The number of ether oxygens (including phenoxy) is 1. The highest BCUT2D eigenvalue weighted by Crippen LogP contribution is 2.23. The molecule has 0 aliphatic heterocycles. The van der Waals surface area contributed by atoms with Crippen LogP contribution in [0.5, 0.6) is 5.75 Å². The summed E-state index contributed by atoms with van der Waals surface area (Å²) in [6, 6.07) is 12.3. The van der Waals surface area contributed by atoms with Gasteiger partial charge in [-0.2, -0.15) is 0 Å². The lowest BCUT2D eigenvalue weighted by molar-refractivity contribution is -0.123. The van der Waals surface area contributed by atoms with Crippen LogP contribution in [0, 0.1) is 0 Å². The molecule has 0 aliphatic rings. The summed E-state index contributed by atoms with van der Waals surface area (Å²) in [5.74, 6) is 0.260. The van der Waals surface area contributed by atoms with Gasteiger partial charge in [-0.25, -0.2) is 0 Å². The second-order valence-electron chi connectivity index (χ2n) is 4.62. The van der Waals surface area contributed by atoms with Gasteiger partial charge in [-0.05, 0) is 42.3 Å². The lowest BCUT2D eigenvalue weighted by Gasteiger charge is -2.08. The first-order valence-electron chi connectivity index (χ1n) is 6.63. The zero-order valence-electron chi connectivity index (χ0n) is 11.6. The molecule has 0 aromatic heterocycles. The van der Waals surface area contributed by atoms with Crippen LogP contribution in [0.2, 0.25) is 15.1 Å². The maximum Gasteiger partial charge on any atom is 0.257 e. The van der Waals surface area contributed by atoms with E-state index in [0.29, 0.717) is 27.4 Å². The molecule has 1 N–H and O–H groups in total. The van der Waals surface area contributed by atoms with Crippen molar-refractivity contribution < 1.29 is 9.53 Å². The fraction of sp³-hybridized carbons (Fsp3) is 0.188. The summed E-state index contributed by atoms with van der Waals surface area (Å²) < 4.78 is 5.35. The standard InChI is InChI=1S/C16H14Cl3NO2/c17-12-3-1-11(2-4-12)5-6-20-16(21)10-22-15-8-13(18)7-14(19)9-15/h1-4,7-9H,5-6,10H2,(H,20,21). The van der Waals surface area contributed by atoms with Gasteiger partial charge in [0.1, 0.15) is 5.75 Å². The lowest BCUT2D eigenvalue weighted by Crippen LogP contribution is -2.30. The van der Waals surface area contributed by atoms with Gasteiger partial charge in [-0.3, -0.25) is 4.79 Å². The van der Waals surface area contributed by atoms with E-state index in [2.05, 4.69) is 5.32 Å². The lowest BCUT2D eigenvalue weighted by atomic mass is 10.1. The molecule has 1 amide bonds. The van der Waals surface area contributed by atoms with Crippen molar-refractivity contribution >= 4 is 40.7 Å². The van der Waals surface area contributed by atoms with E-state index in [1.54, 1.807) is 18.2 Å². The van der Waals surface area contributed by atoms with Crippen LogP contribution in [0.3, 0.4) is 0 Å². The molecular weight excluding hydrogens is 345 g/mol. The molecule has 0 atom stereocenters. The van der Waals surface area contributed by atoms with Crippen molar-refractivity contribution in [3.8, 4) is 5.75 Å². The Hall–Kier alpha value is -1.42. The molecule has 0 radical (unpaired) electrons. The minimum atomic E-state index is -0.204. The van der Waals surface area contributed by atoms with Crippen molar-refractivity contribution in [3.63, 3.8) is 0 Å². The molecule has 0 spiro atoms. The number of rotatable bonds is 6. The highest BCUT2D eigenvalue weighted by molar-refractivity contribution is 6.34. The fourth-order valence-corrected chi connectivity index (χ4v) is 2.44. The Labute approximate surface area is 144 Å². The van der Waals surface area contributed by atoms with Crippen LogP contribution in [0.1, 0.15) is 5.56 Å². The average molecular weight is 359 g/mol. The molecule has 0 saturated carbocycles. The summed E-state index contributed by atoms with van der Waals surface area (Å²) in [5, 5.41) is 4.41. The summed E-state index contributed by atoms with van der Waals surface area (Å²) in [6.07, 6.45) is 0.728. The molecular formula is C16H14Cl3NO2. The van der Waals surface area contributed by atoms with Crippen molar-refractivity contribution in [1.29, 1.82) is 0 Å². The summed E-state index contributed by atoms with van der Waals surface area (Å²) in [6.45, 7) is 0.442. The zero-order valence-corrected chi connectivity index (χ0v) is 13.9. The predicted molar refractivity (Wildman–Crippen MR) is 90.1 cm³/mol. The Morgan fingerprint density at radius 2 is 1.59 bits per heavy atom. The van der Waals surface area contributed by atoms with Gasteiger partial charge in [0.2, 0.25) is 0 Å². The van der Waals surface area contributed by atoms with E-state index in [1.807, 2.05) is 24.3 Å². The van der Waals surface area contributed by atoms with E-state index >= 15 is 0 Å². The Morgan fingerprint density at radius 3 is 2.23 bits per heavy atom. The van der Waals surface area contributed by atoms with Crippen molar-refractivity contribution in [3.05, 3.63) is 63.1 Å². The van der Waals surface area contributed by atoms with E-state index in [4.69, 9.17) is 39.5 Å². The molecule has 0 saturated heterocycles. The highest BCUT2D eigenvalue weighted by Gasteiger charge is 2.04. The van der Waals surface area contributed by atoms with Gasteiger partial charge in [0.05, 0.1) is 0 Å². The molecule has 2 rings (SSSR count). The topological polar surface area (TPSA) is 38.3 Å². The zero-order chi connectivity index (χ0) is 15.9. The number of amides is 1. The molecule has 0 heterocycles. The summed E-state index contributed by atoms with van der Waals surface area (Å²) in [5.41, 5.74) is 1.10. The van der Waals surface area contributed by atoms with Crippen LogP contribution >= 0.6 is 34.8 Å². The second-order valence-corrected chi connectivity index (χ2v) is 5.93. The van der Waals surface area contributed by atoms with Gasteiger partial charge in [0.25, 0.3) is 5.91 Å². The predicted octanol–water partition coefficient (Wildman–Crippen LogP) is 4.38. The maximum atomic E-state index is 11.7. The Morgan fingerprint density at radius 1 is 0.955 bits per heavy atom. The van der Waals surface area contributed by atoms with Crippen LogP contribution in [-0.4, -0.2) is 19.1 Å². The number of benzene rings is 2. The molecule has 0 unspecified atom stereocenters. The average Bonchev–Trinajstić information content (AvgIpc) is 2.46. The second kappa shape index (κ2) is 8.28. The quantitative estimate of drug-likeness (QED) is 0.832. The Kier molecular flexibility index (Phi) is 6.37. The molecule has 2 aromatic rings. The van der Waals surface area contributed by atoms with Crippen LogP contribution in [-0.2, 0) is 11.2 Å². The van der Waals surface area contributed by atoms with E-state index < -0.39 is 0 Å². The third kappa shape index (κ3) is 5.76. The van der Waals surface area contributed by atoms with Gasteiger partial charge in [0, 0.05) is 21.6 Å². The van der Waals surface area contributed by atoms with E-state index in [1.165, 1.54) is 0 Å². The van der Waals surface area contributed by atoms with E-state index in [0.717, 1.165) is 12.0 Å². The molecule has 22 heavy (non-hydrogen) atoms. The number of hydrogen-bond donors (Lipinski definition) is 1. The van der Waals surface area contributed by atoms with Gasteiger partial charge in [-0.15, -0.1) is 0 Å². The van der Waals surface area contributed by atoms with E-state index in [9.17, 15) is 4.79 Å². The number of nitrogens with one attached hydrogen (secondary N) is 1. The number of carbonyl (C=O) groups excluding carboxylic acids is 1. The van der Waals surface area contributed by atoms with Gasteiger partial charge < -0.3 is 10.1 Å². The van der Waals surface area contributed by atoms with Crippen molar-refractivity contribution in [2.45, 2.75) is 6.42 Å². The van der Waals surface area contributed by atoms with Crippen LogP contribution < -0.4 is 10.1 Å². The van der Waals surface area contributed by atoms with Gasteiger partial charge in [-0.1, -0.05) is 46.9 Å². The maximum absolute atomic E-state index is 11.7. The third-order valence-electron chi connectivity index (χ3n) is 2.86. The first-order chi connectivity index (χ1) is 10.5. The Balaban J connectivity index is 1.72. The molecule has 6 heteroatoms. The van der Waals surface area contributed by atoms with E-state index in [-0.39, 0.29) is 12.5 Å². The summed E-state index contributed by atoms with van der Waals surface area (Å²) in [7, 11) is 0. The molecule has 116 valence electrons. The van der Waals surface area contributed by atoms with Gasteiger partial charge >= 0.3 is 0 Å². The monoisotopic (exact) mass is 357 g/mol. The molecule has 3 nitrogen and oxygen atoms in total.